The third-order valence-corrected chi connectivity index (χ3v) is 4.68. The van der Waals surface area contributed by atoms with Crippen molar-refractivity contribution < 1.29 is 10.2 Å². The molecular formula is C22H30N4O2. The van der Waals surface area contributed by atoms with Gasteiger partial charge in [0.2, 0.25) is 0 Å². The average molecular weight is 383 g/mol. The van der Waals surface area contributed by atoms with Crippen LogP contribution in [0, 0.1) is 0 Å². The summed E-state index contributed by atoms with van der Waals surface area (Å²) in [5, 5.41) is 20.2. The van der Waals surface area contributed by atoms with Gasteiger partial charge < -0.3 is 20.0 Å². The number of nitrogens with zero attached hydrogens (tertiary/aromatic N) is 4. The Morgan fingerprint density at radius 3 is 1.46 bits per heavy atom. The van der Waals surface area contributed by atoms with E-state index in [1.807, 2.05) is 38.4 Å². The van der Waals surface area contributed by atoms with Crippen molar-refractivity contribution in [2.45, 2.75) is 13.8 Å². The van der Waals surface area contributed by atoms with Gasteiger partial charge in [0.15, 0.2) is 0 Å². The molecule has 0 amide bonds. The van der Waals surface area contributed by atoms with Gasteiger partial charge in [0, 0.05) is 74.2 Å². The molecule has 6 heteroatoms. The lowest BCUT2D eigenvalue weighted by atomic mass is 10.2. The molecule has 0 radical (unpaired) electrons. The van der Waals surface area contributed by atoms with Crippen LogP contribution in [-0.4, -0.2) is 62.9 Å². The van der Waals surface area contributed by atoms with Crippen LogP contribution in [0.2, 0.25) is 0 Å². The van der Waals surface area contributed by atoms with Crippen LogP contribution in [0.15, 0.2) is 46.4 Å². The summed E-state index contributed by atoms with van der Waals surface area (Å²) in [6.07, 6.45) is 3.32. The quantitative estimate of drug-likeness (QED) is 0.514. The monoisotopic (exact) mass is 382 g/mol. The predicted octanol–water partition coefficient (Wildman–Crippen LogP) is 3.55. The normalized spacial score (nSPS) is 11.4. The first kappa shape index (κ1) is 21.3. The van der Waals surface area contributed by atoms with Crippen LogP contribution in [0.5, 0.6) is 11.5 Å². The lowest BCUT2D eigenvalue weighted by Gasteiger charge is -2.17. The van der Waals surface area contributed by atoms with E-state index in [1.165, 1.54) is 0 Å². The van der Waals surface area contributed by atoms with Crippen LogP contribution >= 0.6 is 0 Å². The molecule has 0 bridgehead atoms. The van der Waals surface area contributed by atoms with Crippen molar-refractivity contribution in [1.82, 2.24) is 0 Å². The minimum Gasteiger partial charge on any atom is -0.507 e. The largest absolute Gasteiger partial charge is 0.507 e. The number of hydrogen-bond donors (Lipinski definition) is 2. The van der Waals surface area contributed by atoms with Gasteiger partial charge in [-0.05, 0) is 38.1 Å². The lowest BCUT2D eigenvalue weighted by molar-refractivity contribution is 0.474. The smallest absolute Gasteiger partial charge is 0.126 e. The number of hydrogen-bond acceptors (Lipinski definition) is 6. The van der Waals surface area contributed by atoms with Crippen molar-refractivity contribution in [1.29, 1.82) is 0 Å². The minimum atomic E-state index is 0.215. The van der Waals surface area contributed by atoms with Crippen molar-refractivity contribution in [2.24, 2.45) is 9.98 Å². The summed E-state index contributed by atoms with van der Waals surface area (Å²) in [4.78, 5) is 12.7. The zero-order chi connectivity index (χ0) is 20.5. The number of phenolic OH excluding ortho intramolecular Hbond substituents is 2. The SMILES string of the molecule is CCN(C)c1ccc(C=NCCN=Cc2ccc(N(C)CC)cc2O)c(O)c1. The minimum absolute atomic E-state index is 0.215. The summed E-state index contributed by atoms with van der Waals surface area (Å²) in [6.45, 7) is 6.88. The van der Waals surface area contributed by atoms with Crippen molar-refractivity contribution in [3.8, 4) is 11.5 Å². The number of anilines is 2. The van der Waals surface area contributed by atoms with E-state index in [0.717, 1.165) is 24.5 Å². The van der Waals surface area contributed by atoms with Gasteiger partial charge in [-0.1, -0.05) is 0 Å². The molecule has 150 valence electrons. The van der Waals surface area contributed by atoms with E-state index in [9.17, 15) is 10.2 Å². The molecule has 0 saturated carbocycles. The maximum Gasteiger partial charge on any atom is 0.126 e. The van der Waals surface area contributed by atoms with E-state index in [0.29, 0.717) is 24.2 Å². The number of aliphatic imine (C=N–C) groups is 2. The van der Waals surface area contributed by atoms with E-state index in [1.54, 1.807) is 24.6 Å². The highest BCUT2D eigenvalue weighted by Crippen LogP contribution is 2.23. The molecule has 2 N–H and O–H groups in total. The van der Waals surface area contributed by atoms with Gasteiger partial charge in [-0.15, -0.1) is 0 Å². The average Bonchev–Trinajstić information content (AvgIpc) is 2.71. The second kappa shape index (κ2) is 10.3. The Labute approximate surface area is 167 Å². The Kier molecular flexibility index (Phi) is 7.87. The molecule has 0 aliphatic rings. The highest BCUT2D eigenvalue weighted by atomic mass is 16.3. The fourth-order valence-electron chi connectivity index (χ4n) is 2.56. The standard InChI is InChI=1S/C22H30N4O2/c1-5-25(3)19-9-7-17(21(27)13-19)15-23-11-12-24-16-18-8-10-20(14-22(18)28)26(4)6-2/h7-10,13-16,27-28H,5-6,11-12H2,1-4H3. The van der Waals surface area contributed by atoms with Gasteiger partial charge in [0.05, 0.1) is 13.1 Å². The highest BCUT2D eigenvalue weighted by Gasteiger charge is 2.04. The Morgan fingerprint density at radius 2 is 1.14 bits per heavy atom. The molecule has 28 heavy (non-hydrogen) atoms. The summed E-state index contributed by atoms with van der Waals surface area (Å²) in [7, 11) is 3.96. The topological polar surface area (TPSA) is 71.7 Å². The molecule has 0 spiro atoms. The summed E-state index contributed by atoms with van der Waals surface area (Å²) in [5.41, 5.74) is 3.31. The maximum absolute atomic E-state index is 10.1. The molecule has 6 nitrogen and oxygen atoms in total. The van der Waals surface area contributed by atoms with E-state index in [2.05, 4.69) is 33.6 Å². The van der Waals surface area contributed by atoms with Crippen LogP contribution in [0.1, 0.15) is 25.0 Å². The van der Waals surface area contributed by atoms with E-state index < -0.39 is 0 Å². The number of aromatic hydroxyl groups is 2. The third kappa shape index (κ3) is 5.74. The fourth-order valence-corrected chi connectivity index (χ4v) is 2.56. The molecule has 2 rings (SSSR count). The summed E-state index contributed by atoms with van der Waals surface area (Å²) in [6, 6.07) is 11.1. The van der Waals surface area contributed by atoms with Gasteiger partial charge in [-0.25, -0.2) is 0 Å². The zero-order valence-electron chi connectivity index (χ0n) is 17.1. The molecule has 0 aliphatic heterocycles. The predicted molar refractivity (Wildman–Crippen MR) is 119 cm³/mol. The van der Waals surface area contributed by atoms with Crippen LogP contribution < -0.4 is 9.80 Å². The molecule has 0 unspecified atom stereocenters. The van der Waals surface area contributed by atoms with Crippen molar-refractivity contribution >= 4 is 23.8 Å². The molecule has 0 heterocycles. The van der Waals surface area contributed by atoms with Crippen LogP contribution in [-0.2, 0) is 0 Å². The Balaban J connectivity index is 1.88. The van der Waals surface area contributed by atoms with Crippen LogP contribution in [0.3, 0.4) is 0 Å². The van der Waals surface area contributed by atoms with Crippen LogP contribution in [0.25, 0.3) is 0 Å². The lowest BCUT2D eigenvalue weighted by Crippen LogP contribution is -2.15. The first-order chi connectivity index (χ1) is 13.5. The zero-order valence-corrected chi connectivity index (χ0v) is 17.1. The number of benzene rings is 2. The first-order valence-corrected chi connectivity index (χ1v) is 9.54. The molecule has 0 atom stereocenters. The number of phenols is 2. The maximum atomic E-state index is 10.1. The second-order valence-electron chi connectivity index (χ2n) is 6.59. The molecule has 0 aromatic heterocycles. The molecular weight excluding hydrogens is 352 g/mol. The van der Waals surface area contributed by atoms with Gasteiger partial charge in [-0.2, -0.15) is 0 Å². The van der Waals surface area contributed by atoms with E-state index in [4.69, 9.17) is 0 Å². The van der Waals surface area contributed by atoms with Gasteiger partial charge in [0.1, 0.15) is 11.5 Å². The molecule has 2 aromatic carbocycles. The Hall–Kier alpha value is -3.02. The van der Waals surface area contributed by atoms with E-state index in [-0.39, 0.29) is 11.5 Å². The summed E-state index contributed by atoms with van der Waals surface area (Å²) in [5.74, 6) is 0.430. The first-order valence-electron chi connectivity index (χ1n) is 9.54. The highest BCUT2D eigenvalue weighted by molar-refractivity contribution is 5.85. The molecule has 0 aliphatic carbocycles. The van der Waals surface area contributed by atoms with Crippen molar-refractivity contribution in [2.75, 3.05) is 50.1 Å². The molecule has 0 fully saturated rings. The molecule has 0 saturated heterocycles. The van der Waals surface area contributed by atoms with E-state index >= 15 is 0 Å². The second-order valence-corrected chi connectivity index (χ2v) is 6.59. The van der Waals surface area contributed by atoms with Crippen molar-refractivity contribution in [3.05, 3.63) is 47.5 Å². The Bertz CT molecular complexity index is 764. The van der Waals surface area contributed by atoms with Gasteiger partial charge >= 0.3 is 0 Å². The fraction of sp³-hybridized carbons (Fsp3) is 0.364. The third-order valence-electron chi connectivity index (χ3n) is 4.68. The molecule has 2 aromatic rings. The van der Waals surface area contributed by atoms with Crippen molar-refractivity contribution in [3.63, 3.8) is 0 Å². The van der Waals surface area contributed by atoms with Crippen LogP contribution in [0.4, 0.5) is 11.4 Å². The Morgan fingerprint density at radius 1 is 0.750 bits per heavy atom. The van der Waals surface area contributed by atoms with Gasteiger partial charge in [0.25, 0.3) is 0 Å². The summed E-state index contributed by atoms with van der Waals surface area (Å²) < 4.78 is 0. The number of rotatable bonds is 9. The van der Waals surface area contributed by atoms with Gasteiger partial charge in [-0.3, -0.25) is 9.98 Å². The summed E-state index contributed by atoms with van der Waals surface area (Å²) >= 11 is 0.